The van der Waals surface area contributed by atoms with E-state index >= 15 is 0 Å². The van der Waals surface area contributed by atoms with E-state index in [2.05, 4.69) is 4.40 Å². The molecule has 0 fully saturated rings. The van der Waals surface area contributed by atoms with Crippen LogP contribution in [-0.4, -0.2) is 12.3 Å². The molecular formula is C16H17NO2S. The van der Waals surface area contributed by atoms with E-state index in [9.17, 15) is 5.11 Å². The first kappa shape index (κ1) is 14.5. The Labute approximate surface area is 122 Å². The lowest BCUT2D eigenvalue weighted by atomic mass is 10.2. The van der Waals surface area contributed by atoms with E-state index in [-0.39, 0.29) is 6.61 Å². The molecule has 0 spiro atoms. The van der Waals surface area contributed by atoms with Crippen molar-refractivity contribution in [2.45, 2.75) is 18.4 Å². The third kappa shape index (κ3) is 4.31. The largest absolute Gasteiger partial charge is 0.592 e. The molecule has 0 bridgehead atoms. The van der Waals surface area contributed by atoms with Crippen molar-refractivity contribution >= 4 is 17.2 Å². The molecule has 0 saturated heterocycles. The molecule has 3 nitrogen and oxygen atoms in total. The second-order valence-electron chi connectivity index (χ2n) is 4.42. The van der Waals surface area contributed by atoms with E-state index in [4.69, 9.17) is 4.74 Å². The zero-order chi connectivity index (χ0) is 14.4. The molecule has 20 heavy (non-hydrogen) atoms. The van der Waals surface area contributed by atoms with E-state index in [0.29, 0.717) is 0 Å². The quantitative estimate of drug-likeness (QED) is 0.492. The minimum absolute atomic E-state index is 0.258. The minimum Gasteiger partial charge on any atom is -0.592 e. The van der Waals surface area contributed by atoms with Crippen LogP contribution < -0.4 is 5.11 Å². The molecule has 0 saturated carbocycles. The maximum absolute atomic E-state index is 11.7. The van der Waals surface area contributed by atoms with Gasteiger partial charge in [-0.3, -0.25) is 0 Å². The van der Waals surface area contributed by atoms with Gasteiger partial charge < -0.3 is 9.84 Å². The molecule has 0 aliphatic rings. The first-order valence-corrected chi connectivity index (χ1v) is 7.89. The van der Waals surface area contributed by atoms with E-state index in [1.807, 2.05) is 67.8 Å². The Morgan fingerprint density at radius 3 is 2.40 bits per heavy atom. The monoisotopic (exact) mass is 287 g/mol. The number of benzene rings is 2. The molecule has 0 amide bonds. The summed E-state index contributed by atoms with van der Waals surface area (Å²) in [5.74, 6) is 0. The average molecular weight is 287 g/mol. The third-order valence-electron chi connectivity index (χ3n) is 2.78. The molecule has 2 aromatic rings. The van der Waals surface area contributed by atoms with Gasteiger partial charge in [-0.2, -0.15) is 0 Å². The Bertz CT molecular complexity index is 567. The van der Waals surface area contributed by atoms with Crippen molar-refractivity contribution in [1.82, 2.24) is 0 Å². The lowest BCUT2D eigenvalue weighted by molar-refractivity contribution is -0.251. The highest BCUT2D eigenvalue weighted by Crippen LogP contribution is 2.13. The first-order chi connectivity index (χ1) is 9.65. The lowest BCUT2D eigenvalue weighted by Crippen LogP contribution is -2.22. The molecular weight excluding hydrogens is 270 g/mol. The number of ether oxygens (including phenoxy) is 1. The van der Waals surface area contributed by atoms with Crippen LogP contribution in [0.5, 0.6) is 0 Å². The van der Waals surface area contributed by atoms with Gasteiger partial charge >= 0.3 is 0 Å². The van der Waals surface area contributed by atoms with E-state index in [1.54, 1.807) is 0 Å². The van der Waals surface area contributed by atoms with Crippen LogP contribution in [0.3, 0.4) is 0 Å². The highest BCUT2D eigenvalue weighted by Gasteiger charge is 2.14. The summed E-state index contributed by atoms with van der Waals surface area (Å²) in [4.78, 5) is 1.03. The van der Waals surface area contributed by atoms with Gasteiger partial charge in [0.05, 0.1) is 0 Å². The van der Waals surface area contributed by atoms with Crippen molar-refractivity contribution in [2.24, 2.45) is 4.40 Å². The Hall–Kier alpha value is -1.94. The summed E-state index contributed by atoms with van der Waals surface area (Å²) in [7, 11) is 0. The standard InChI is InChI=1S/C16H17NO2S/c1-13-8-10-15(11-9-13)20(2)17-16(18)19-12-14-6-4-3-5-7-14/h3-11H,12H2,1-2H3. The highest BCUT2D eigenvalue weighted by molar-refractivity contribution is 7.95. The SMILES string of the molecule is Cc1ccc([S+](C)/N=C(\[O-])OCc2ccccc2)cc1. The zero-order valence-electron chi connectivity index (χ0n) is 11.6. The maximum Gasteiger partial charge on any atom is 0.205 e. The van der Waals surface area contributed by atoms with Gasteiger partial charge in [0.15, 0.2) is 16.0 Å². The minimum atomic E-state index is -0.514. The molecule has 104 valence electrons. The smallest absolute Gasteiger partial charge is 0.205 e. The molecule has 0 aromatic heterocycles. The summed E-state index contributed by atoms with van der Waals surface area (Å²) in [5, 5.41) is 11.7. The highest BCUT2D eigenvalue weighted by atomic mass is 32.2. The Morgan fingerprint density at radius 1 is 1.10 bits per heavy atom. The number of hydrogen-bond acceptors (Lipinski definition) is 3. The summed E-state index contributed by atoms with van der Waals surface area (Å²) < 4.78 is 9.20. The Morgan fingerprint density at radius 2 is 1.75 bits per heavy atom. The summed E-state index contributed by atoms with van der Waals surface area (Å²) in [6.07, 6.45) is 1.40. The average Bonchev–Trinajstić information content (AvgIpc) is 2.47. The lowest BCUT2D eigenvalue weighted by Gasteiger charge is -2.12. The van der Waals surface area contributed by atoms with E-state index in [1.165, 1.54) is 5.56 Å². The summed E-state index contributed by atoms with van der Waals surface area (Å²) in [6.45, 7) is 2.29. The maximum atomic E-state index is 11.7. The van der Waals surface area contributed by atoms with Gasteiger partial charge in [-0.05, 0) is 29.0 Å². The predicted octanol–water partition coefficient (Wildman–Crippen LogP) is 2.45. The molecule has 0 N–H and O–H groups in total. The number of rotatable bonds is 4. The molecule has 0 aliphatic heterocycles. The Balaban J connectivity index is 1.94. The van der Waals surface area contributed by atoms with Crippen LogP contribution in [0, 0.1) is 6.92 Å². The van der Waals surface area contributed by atoms with Gasteiger partial charge in [-0.25, -0.2) is 0 Å². The number of hydrogen-bond donors (Lipinski definition) is 0. The van der Waals surface area contributed by atoms with E-state index < -0.39 is 17.2 Å². The molecule has 1 unspecified atom stereocenters. The van der Waals surface area contributed by atoms with Crippen molar-refractivity contribution in [2.75, 3.05) is 6.26 Å². The van der Waals surface area contributed by atoms with Crippen LogP contribution in [-0.2, 0) is 22.4 Å². The molecule has 0 heterocycles. The van der Waals surface area contributed by atoms with Gasteiger partial charge in [0, 0.05) is 6.61 Å². The van der Waals surface area contributed by atoms with Crippen LogP contribution in [0.2, 0.25) is 0 Å². The molecule has 0 radical (unpaired) electrons. The van der Waals surface area contributed by atoms with Crippen molar-refractivity contribution < 1.29 is 9.84 Å². The van der Waals surface area contributed by atoms with Gasteiger partial charge in [-0.15, -0.1) is 0 Å². The topological polar surface area (TPSA) is 44.7 Å². The predicted molar refractivity (Wildman–Crippen MR) is 81.4 cm³/mol. The van der Waals surface area contributed by atoms with Gasteiger partial charge in [0.1, 0.15) is 6.26 Å². The summed E-state index contributed by atoms with van der Waals surface area (Å²) in [5.41, 5.74) is 2.15. The molecule has 1 atom stereocenters. The third-order valence-corrected chi connectivity index (χ3v) is 4.16. The summed E-state index contributed by atoms with van der Waals surface area (Å²) >= 11 is -0.479. The first-order valence-electron chi connectivity index (χ1n) is 6.30. The van der Waals surface area contributed by atoms with Crippen molar-refractivity contribution in [3.05, 3.63) is 65.7 Å². The van der Waals surface area contributed by atoms with Crippen molar-refractivity contribution in [3.8, 4) is 0 Å². The summed E-state index contributed by atoms with van der Waals surface area (Å²) in [6, 6.07) is 17.6. The van der Waals surface area contributed by atoms with Crippen LogP contribution >= 0.6 is 0 Å². The number of nitrogens with zero attached hydrogens (tertiary/aromatic N) is 1. The number of aryl methyl sites for hydroxylation is 1. The normalized spacial score (nSPS) is 13.0. The molecule has 4 heteroatoms. The fourth-order valence-corrected chi connectivity index (χ4v) is 2.56. The molecule has 2 aromatic carbocycles. The van der Waals surface area contributed by atoms with E-state index in [0.717, 1.165) is 10.5 Å². The zero-order valence-corrected chi connectivity index (χ0v) is 12.4. The fourth-order valence-electron chi connectivity index (χ4n) is 1.65. The van der Waals surface area contributed by atoms with Crippen LogP contribution in [0.15, 0.2) is 63.9 Å². The van der Waals surface area contributed by atoms with Gasteiger partial charge in [0.25, 0.3) is 0 Å². The second-order valence-corrected chi connectivity index (χ2v) is 6.03. The van der Waals surface area contributed by atoms with Crippen LogP contribution in [0.25, 0.3) is 0 Å². The van der Waals surface area contributed by atoms with Crippen molar-refractivity contribution in [1.29, 1.82) is 0 Å². The van der Waals surface area contributed by atoms with Gasteiger partial charge in [-0.1, -0.05) is 48.0 Å². The van der Waals surface area contributed by atoms with Crippen LogP contribution in [0.1, 0.15) is 11.1 Å². The second kappa shape index (κ2) is 7.01. The van der Waals surface area contributed by atoms with Crippen molar-refractivity contribution in [3.63, 3.8) is 0 Å². The Kier molecular flexibility index (Phi) is 5.07. The fraction of sp³-hybridized carbons (Fsp3) is 0.188. The molecule has 2 rings (SSSR count). The van der Waals surface area contributed by atoms with Gasteiger partial charge in [0.2, 0.25) is 6.08 Å². The molecule has 0 aliphatic carbocycles. The van der Waals surface area contributed by atoms with Crippen LogP contribution in [0.4, 0.5) is 0 Å².